The SMILES string of the molecule is C[C@H](NC(=O)Cn1c(-c2cccs2)n[nH]c1=S)c1nc2ccccc2[nH]1. The van der Waals surface area contributed by atoms with Gasteiger partial charge in [-0.3, -0.25) is 14.5 Å². The Kier molecular flexibility index (Phi) is 4.39. The molecule has 3 heterocycles. The zero-order valence-corrected chi connectivity index (χ0v) is 15.5. The average molecular weight is 384 g/mol. The number of H-pyrrole nitrogens is 2. The molecule has 4 aromatic rings. The van der Waals surface area contributed by atoms with Gasteiger partial charge < -0.3 is 10.3 Å². The summed E-state index contributed by atoms with van der Waals surface area (Å²) < 4.78 is 2.11. The number of thiophene rings is 1. The molecule has 0 bridgehead atoms. The van der Waals surface area contributed by atoms with Crippen LogP contribution in [0.15, 0.2) is 41.8 Å². The summed E-state index contributed by atoms with van der Waals surface area (Å²) in [6, 6.07) is 11.4. The Morgan fingerprint density at radius 2 is 2.19 bits per heavy atom. The van der Waals surface area contributed by atoms with Gasteiger partial charge in [0.15, 0.2) is 10.6 Å². The molecule has 0 aliphatic rings. The van der Waals surface area contributed by atoms with Crippen molar-refractivity contribution in [2.24, 2.45) is 0 Å². The Labute approximate surface area is 158 Å². The smallest absolute Gasteiger partial charge is 0.240 e. The van der Waals surface area contributed by atoms with Crippen LogP contribution in [0.2, 0.25) is 0 Å². The highest BCUT2D eigenvalue weighted by Gasteiger charge is 2.17. The third kappa shape index (κ3) is 3.18. The normalized spacial score (nSPS) is 12.3. The molecule has 1 amide bonds. The maximum absolute atomic E-state index is 12.5. The molecule has 3 aromatic heterocycles. The van der Waals surface area contributed by atoms with Crippen molar-refractivity contribution in [2.75, 3.05) is 0 Å². The molecule has 0 fully saturated rings. The molecule has 0 aliphatic heterocycles. The van der Waals surface area contributed by atoms with Crippen molar-refractivity contribution in [3.05, 3.63) is 52.4 Å². The number of nitrogens with zero attached hydrogens (tertiary/aromatic N) is 3. The van der Waals surface area contributed by atoms with Crippen molar-refractivity contribution < 1.29 is 4.79 Å². The predicted molar refractivity (Wildman–Crippen MR) is 103 cm³/mol. The van der Waals surface area contributed by atoms with Crippen molar-refractivity contribution in [2.45, 2.75) is 19.5 Å². The lowest BCUT2D eigenvalue weighted by Crippen LogP contribution is -2.30. The first kappa shape index (κ1) is 16.7. The van der Waals surface area contributed by atoms with E-state index in [4.69, 9.17) is 12.2 Å². The summed E-state index contributed by atoms with van der Waals surface area (Å²) in [4.78, 5) is 21.2. The van der Waals surface area contributed by atoms with Gasteiger partial charge in [0.05, 0.1) is 22.0 Å². The third-order valence-electron chi connectivity index (χ3n) is 4.00. The standard InChI is InChI=1S/C17H16N6OS2/c1-10(15-19-11-5-2-3-6-12(11)20-15)18-14(24)9-23-16(21-22-17(23)25)13-7-4-8-26-13/h2-8,10H,9H2,1H3,(H,18,24)(H,19,20)(H,22,25)/t10-/m0/s1. The molecule has 9 heteroatoms. The topological polar surface area (TPSA) is 91.4 Å². The fourth-order valence-corrected chi connectivity index (χ4v) is 3.65. The largest absolute Gasteiger partial charge is 0.345 e. The van der Waals surface area contributed by atoms with Gasteiger partial charge in [-0.1, -0.05) is 18.2 Å². The Morgan fingerprint density at radius 1 is 1.35 bits per heavy atom. The summed E-state index contributed by atoms with van der Waals surface area (Å²) in [6.45, 7) is 1.98. The van der Waals surface area contributed by atoms with E-state index in [1.54, 1.807) is 15.9 Å². The van der Waals surface area contributed by atoms with Crippen LogP contribution in [0.1, 0.15) is 18.8 Å². The number of fused-ring (bicyclic) bond motifs is 1. The lowest BCUT2D eigenvalue weighted by atomic mass is 10.3. The molecule has 26 heavy (non-hydrogen) atoms. The van der Waals surface area contributed by atoms with Gasteiger partial charge in [0.25, 0.3) is 0 Å². The second-order valence-corrected chi connectivity index (χ2v) is 7.18. The molecule has 0 unspecified atom stereocenters. The number of hydrogen-bond donors (Lipinski definition) is 3. The van der Waals surface area contributed by atoms with E-state index < -0.39 is 0 Å². The maximum Gasteiger partial charge on any atom is 0.240 e. The van der Waals surface area contributed by atoms with E-state index >= 15 is 0 Å². The number of benzene rings is 1. The van der Waals surface area contributed by atoms with Crippen LogP contribution in [-0.2, 0) is 11.3 Å². The van der Waals surface area contributed by atoms with Crippen molar-refractivity contribution in [1.82, 2.24) is 30.0 Å². The van der Waals surface area contributed by atoms with Crippen molar-refractivity contribution >= 4 is 40.5 Å². The highest BCUT2D eigenvalue weighted by Crippen LogP contribution is 2.22. The van der Waals surface area contributed by atoms with E-state index in [0.29, 0.717) is 16.4 Å². The molecule has 0 spiro atoms. The highest BCUT2D eigenvalue weighted by molar-refractivity contribution is 7.71. The molecule has 0 saturated carbocycles. The number of aromatic nitrogens is 5. The maximum atomic E-state index is 12.5. The first-order chi connectivity index (χ1) is 12.6. The first-order valence-electron chi connectivity index (χ1n) is 8.05. The molecular formula is C17H16N6OS2. The third-order valence-corrected chi connectivity index (χ3v) is 5.17. The number of carbonyl (C=O) groups is 1. The zero-order chi connectivity index (χ0) is 18.1. The molecule has 132 valence electrons. The lowest BCUT2D eigenvalue weighted by Gasteiger charge is -2.12. The van der Waals surface area contributed by atoms with Crippen LogP contribution in [0.25, 0.3) is 21.7 Å². The molecule has 0 aliphatic carbocycles. The average Bonchev–Trinajstić information content (AvgIpc) is 3.35. The highest BCUT2D eigenvalue weighted by atomic mass is 32.1. The molecule has 7 nitrogen and oxygen atoms in total. The Balaban J connectivity index is 1.51. The molecule has 0 saturated heterocycles. The van der Waals surface area contributed by atoms with E-state index in [2.05, 4.69) is 25.5 Å². The van der Waals surface area contributed by atoms with Crippen LogP contribution >= 0.6 is 23.6 Å². The van der Waals surface area contributed by atoms with Crippen molar-refractivity contribution in [1.29, 1.82) is 0 Å². The molecule has 4 rings (SSSR count). The quantitative estimate of drug-likeness (QED) is 0.460. The van der Waals surface area contributed by atoms with Gasteiger partial charge in [-0.2, -0.15) is 5.10 Å². The van der Waals surface area contributed by atoms with Crippen LogP contribution < -0.4 is 5.32 Å². The van der Waals surface area contributed by atoms with Crippen molar-refractivity contribution in [3.8, 4) is 10.7 Å². The molecule has 1 atom stereocenters. The fourth-order valence-electron chi connectivity index (χ4n) is 2.73. The number of para-hydroxylation sites is 2. The van der Waals surface area contributed by atoms with Gasteiger partial charge in [0, 0.05) is 0 Å². The number of rotatable bonds is 5. The summed E-state index contributed by atoms with van der Waals surface area (Å²) in [7, 11) is 0. The molecular weight excluding hydrogens is 368 g/mol. The van der Waals surface area contributed by atoms with Gasteiger partial charge >= 0.3 is 0 Å². The van der Waals surface area contributed by atoms with Gasteiger partial charge in [0.1, 0.15) is 12.4 Å². The summed E-state index contributed by atoms with van der Waals surface area (Å²) in [5.74, 6) is 1.22. The van der Waals surface area contributed by atoms with Crippen LogP contribution in [0.5, 0.6) is 0 Å². The van der Waals surface area contributed by atoms with Crippen LogP contribution in [0, 0.1) is 4.77 Å². The van der Waals surface area contributed by atoms with Gasteiger partial charge in [-0.25, -0.2) is 4.98 Å². The van der Waals surface area contributed by atoms with E-state index in [1.165, 1.54) is 0 Å². The van der Waals surface area contributed by atoms with Crippen molar-refractivity contribution in [3.63, 3.8) is 0 Å². The Hall–Kier alpha value is -2.78. The molecule has 1 aromatic carbocycles. The van der Waals surface area contributed by atoms with E-state index in [0.717, 1.165) is 15.9 Å². The van der Waals surface area contributed by atoms with E-state index in [9.17, 15) is 4.79 Å². The number of imidazole rings is 1. The zero-order valence-electron chi connectivity index (χ0n) is 13.9. The van der Waals surface area contributed by atoms with Crippen LogP contribution in [0.4, 0.5) is 0 Å². The van der Waals surface area contributed by atoms with E-state index in [1.807, 2.05) is 48.7 Å². The number of carbonyl (C=O) groups excluding carboxylic acids is 1. The summed E-state index contributed by atoms with van der Waals surface area (Å²) >= 11 is 6.81. The minimum absolute atomic E-state index is 0.0904. The number of amides is 1. The summed E-state index contributed by atoms with van der Waals surface area (Å²) in [5.41, 5.74) is 1.82. The second-order valence-electron chi connectivity index (χ2n) is 5.84. The summed E-state index contributed by atoms with van der Waals surface area (Å²) in [5, 5.41) is 11.9. The van der Waals surface area contributed by atoms with E-state index in [-0.39, 0.29) is 18.5 Å². The number of nitrogens with one attached hydrogen (secondary N) is 3. The number of hydrogen-bond acceptors (Lipinski definition) is 5. The minimum Gasteiger partial charge on any atom is -0.345 e. The fraction of sp³-hybridized carbons (Fsp3) is 0.176. The number of aromatic amines is 2. The van der Waals surface area contributed by atoms with Gasteiger partial charge in [-0.05, 0) is 42.7 Å². The lowest BCUT2D eigenvalue weighted by molar-refractivity contribution is -0.122. The van der Waals surface area contributed by atoms with Crippen LogP contribution in [0.3, 0.4) is 0 Å². The minimum atomic E-state index is -0.249. The summed E-state index contributed by atoms with van der Waals surface area (Å²) in [6.07, 6.45) is 0. The monoisotopic (exact) mass is 384 g/mol. The Bertz CT molecular complexity index is 1070. The predicted octanol–water partition coefficient (Wildman–Crippen LogP) is 3.42. The molecule has 3 N–H and O–H groups in total. The second kappa shape index (κ2) is 6.85. The Morgan fingerprint density at radius 3 is 2.96 bits per heavy atom. The first-order valence-corrected chi connectivity index (χ1v) is 9.33. The van der Waals surface area contributed by atoms with Gasteiger partial charge in [-0.15, -0.1) is 11.3 Å². The molecule has 0 radical (unpaired) electrons. The van der Waals surface area contributed by atoms with Gasteiger partial charge in [0.2, 0.25) is 5.91 Å². The van der Waals surface area contributed by atoms with Crippen LogP contribution in [-0.4, -0.2) is 30.6 Å².